The Balaban J connectivity index is 3.91. The van der Waals surface area contributed by atoms with Crippen molar-refractivity contribution in [2.75, 3.05) is 13.1 Å². The van der Waals surface area contributed by atoms with E-state index in [2.05, 4.69) is 0 Å². The quantitative estimate of drug-likeness (QED) is 0.404. The van der Waals surface area contributed by atoms with Gasteiger partial charge in [0.25, 0.3) is 0 Å². The minimum absolute atomic E-state index is 0.241. The molecule has 0 saturated carbocycles. The van der Waals surface area contributed by atoms with E-state index in [-0.39, 0.29) is 11.5 Å². The lowest BCUT2D eigenvalue weighted by atomic mass is 10.4. The van der Waals surface area contributed by atoms with Crippen molar-refractivity contribution < 1.29 is 15.0 Å². The highest BCUT2D eigenvalue weighted by Crippen LogP contribution is 1.92. The number of hydrogen-bond donors (Lipinski definition) is 0. The van der Waals surface area contributed by atoms with Crippen LogP contribution in [-0.4, -0.2) is 33.2 Å². The Morgan fingerprint density at radius 2 is 1.46 bits per heavy atom. The van der Waals surface area contributed by atoms with Gasteiger partial charge in [-0.1, -0.05) is 0 Å². The maximum absolute atomic E-state index is 9.94. The van der Waals surface area contributed by atoms with Crippen LogP contribution in [0.25, 0.3) is 0 Å². The van der Waals surface area contributed by atoms with Gasteiger partial charge in [-0.3, -0.25) is 10.1 Å². The first kappa shape index (κ1) is 11.0. The summed E-state index contributed by atoms with van der Waals surface area (Å²) in [5.41, 5.74) is 0. The van der Waals surface area contributed by atoms with Crippen LogP contribution in [0.4, 0.5) is 0 Å². The molecule has 0 aliphatic rings. The topological polar surface area (TPSA) is 133 Å². The van der Waals surface area contributed by atoms with Gasteiger partial charge in [-0.25, -0.2) is 20.2 Å². The largest absolute Gasteiger partial charge is 0.265 e. The average Bonchev–Trinajstić information content (AvgIpc) is 1.95. The Morgan fingerprint density at radius 1 is 1.00 bits per heavy atom. The molecular weight excluding hydrogens is 188 g/mol. The molecule has 0 atom stereocenters. The van der Waals surface area contributed by atoms with Gasteiger partial charge in [-0.05, 0) is 0 Å². The molecule has 10 nitrogen and oxygen atoms in total. The SMILES string of the molecule is O=[N+]([O-])CCCN([N+](=O)[O-])[N+](=O)[O-]. The summed E-state index contributed by atoms with van der Waals surface area (Å²) >= 11 is 0. The van der Waals surface area contributed by atoms with Gasteiger partial charge in [0.05, 0.1) is 0 Å². The van der Waals surface area contributed by atoms with E-state index < -0.39 is 28.1 Å². The number of rotatable bonds is 6. The van der Waals surface area contributed by atoms with Crippen LogP contribution in [0.1, 0.15) is 6.42 Å². The van der Waals surface area contributed by atoms with Gasteiger partial charge in [0.2, 0.25) is 16.6 Å². The van der Waals surface area contributed by atoms with E-state index in [1.54, 1.807) is 0 Å². The van der Waals surface area contributed by atoms with E-state index in [1.165, 1.54) is 0 Å². The summed E-state index contributed by atoms with van der Waals surface area (Å²) in [5, 5.41) is 26.9. The van der Waals surface area contributed by atoms with Gasteiger partial charge < -0.3 is 0 Å². The Morgan fingerprint density at radius 3 is 1.77 bits per heavy atom. The second-order valence-corrected chi connectivity index (χ2v) is 1.98. The van der Waals surface area contributed by atoms with E-state index in [1.807, 2.05) is 0 Å². The first-order valence-electron chi connectivity index (χ1n) is 3.13. The molecule has 0 heterocycles. The Hall–Kier alpha value is -2.00. The maximum Gasteiger partial charge on any atom is 0.222 e. The molecule has 0 aromatic carbocycles. The number of hydrazine groups is 2. The Kier molecular flexibility index (Phi) is 4.06. The Bertz CT molecular complexity index is 214. The summed E-state index contributed by atoms with van der Waals surface area (Å²) in [5.74, 6) is 0. The van der Waals surface area contributed by atoms with Crippen molar-refractivity contribution >= 4 is 0 Å². The molecule has 0 fully saturated rings. The molecule has 0 bridgehead atoms. The van der Waals surface area contributed by atoms with Gasteiger partial charge in [-0.2, -0.15) is 0 Å². The standard InChI is InChI=1S/C3H6N4O6/c8-5(9)3-1-2-4(6(10)11)7(12)13/h1-3H2. The smallest absolute Gasteiger partial charge is 0.222 e. The van der Waals surface area contributed by atoms with E-state index in [4.69, 9.17) is 0 Å². The lowest BCUT2D eigenvalue weighted by Crippen LogP contribution is -2.36. The van der Waals surface area contributed by atoms with Gasteiger partial charge >= 0.3 is 0 Å². The fourth-order valence-corrected chi connectivity index (χ4v) is 0.564. The van der Waals surface area contributed by atoms with Crippen LogP contribution in [0.2, 0.25) is 0 Å². The molecule has 0 radical (unpaired) electrons. The summed E-state index contributed by atoms with van der Waals surface area (Å²) in [7, 11) is 0. The molecule has 0 N–H and O–H groups in total. The fraction of sp³-hybridized carbons (Fsp3) is 1.00. The van der Waals surface area contributed by atoms with E-state index in [9.17, 15) is 30.3 Å². The molecule has 0 aromatic rings. The van der Waals surface area contributed by atoms with Crippen LogP contribution in [0, 0.1) is 30.3 Å². The fourth-order valence-electron chi connectivity index (χ4n) is 0.564. The van der Waals surface area contributed by atoms with Crippen molar-refractivity contribution in [2.24, 2.45) is 0 Å². The molecule has 0 aliphatic carbocycles. The van der Waals surface area contributed by atoms with Crippen LogP contribution in [0.3, 0.4) is 0 Å². The zero-order chi connectivity index (χ0) is 10.4. The third-order valence-corrected chi connectivity index (χ3v) is 1.08. The van der Waals surface area contributed by atoms with Crippen LogP contribution in [0.5, 0.6) is 0 Å². The van der Waals surface area contributed by atoms with Crippen LogP contribution >= 0.6 is 0 Å². The molecule has 13 heavy (non-hydrogen) atoms. The monoisotopic (exact) mass is 194 g/mol. The molecular formula is C3H6N4O6. The molecule has 0 amide bonds. The molecule has 0 aliphatic heterocycles. The van der Waals surface area contributed by atoms with Crippen LogP contribution in [-0.2, 0) is 0 Å². The Labute approximate surface area is 71.1 Å². The van der Waals surface area contributed by atoms with Crippen molar-refractivity contribution in [1.82, 2.24) is 5.12 Å². The lowest BCUT2D eigenvalue weighted by Gasteiger charge is -2.00. The highest BCUT2D eigenvalue weighted by atomic mass is 16.8. The predicted molar refractivity (Wildman–Crippen MR) is 37.2 cm³/mol. The molecule has 0 rings (SSSR count). The highest BCUT2D eigenvalue weighted by molar-refractivity contribution is 4.35. The van der Waals surface area contributed by atoms with Crippen molar-refractivity contribution in [2.45, 2.75) is 6.42 Å². The molecule has 0 saturated heterocycles. The third kappa shape index (κ3) is 4.44. The molecule has 10 heteroatoms. The average molecular weight is 194 g/mol. The first-order valence-corrected chi connectivity index (χ1v) is 3.13. The molecule has 0 unspecified atom stereocenters. The third-order valence-electron chi connectivity index (χ3n) is 1.08. The highest BCUT2D eigenvalue weighted by Gasteiger charge is 2.26. The van der Waals surface area contributed by atoms with E-state index in [0.29, 0.717) is 0 Å². The minimum atomic E-state index is -1.22. The first-order chi connectivity index (χ1) is 5.95. The van der Waals surface area contributed by atoms with Crippen LogP contribution in [0.15, 0.2) is 0 Å². The number of hydrogen-bond acceptors (Lipinski definition) is 6. The zero-order valence-electron chi connectivity index (χ0n) is 6.36. The van der Waals surface area contributed by atoms with Crippen molar-refractivity contribution in [3.05, 3.63) is 30.3 Å². The maximum atomic E-state index is 9.94. The van der Waals surface area contributed by atoms with E-state index >= 15 is 0 Å². The molecule has 74 valence electrons. The second kappa shape index (κ2) is 4.79. The van der Waals surface area contributed by atoms with Crippen LogP contribution < -0.4 is 0 Å². The van der Waals surface area contributed by atoms with Gasteiger partial charge in [0, 0.05) is 11.3 Å². The van der Waals surface area contributed by atoms with Gasteiger partial charge in [0.15, 0.2) is 11.7 Å². The molecule has 0 aromatic heterocycles. The van der Waals surface area contributed by atoms with E-state index in [0.717, 1.165) is 0 Å². The van der Waals surface area contributed by atoms with Crippen molar-refractivity contribution in [1.29, 1.82) is 0 Å². The predicted octanol–water partition coefficient (Wildman–Crippen LogP) is -0.661. The second-order valence-electron chi connectivity index (χ2n) is 1.98. The molecule has 0 spiro atoms. The summed E-state index contributed by atoms with van der Waals surface area (Å²) in [6.07, 6.45) is -0.241. The van der Waals surface area contributed by atoms with Crippen molar-refractivity contribution in [3.8, 4) is 0 Å². The summed E-state index contributed by atoms with van der Waals surface area (Å²) in [6, 6.07) is 0. The van der Waals surface area contributed by atoms with Gasteiger partial charge in [0.1, 0.15) is 0 Å². The summed E-state index contributed by atoms with van der Waals surface area (Å²) < 4.78 is 0. The number of nitro groups is 3. The lowest BCUT2D eigenvalue weighted by molar-refractivity contribution is -0.907. The normalized spacial score (nSPS) is 9.23. The number of nitrogens with zero attached hydrogens (tertiary/aromatic N) is 4. The van der Waals surface area contributed by atoms with Gasteiger partial charge in [-0.15, -0.1) is 0 Å². The summed E-state index contributed by atoms with van der Waals surface area (Å²) in [4.78, 5) is 28.9. The zero-order valence-corrected chi connectivity index (χ0v) is 6.36. The summed E-state index contributed by atoms with van der Waals surface area (Å²) in [6.45, 7) is -1.11. The van der Waals surface area contributed by atoms with Crippen molar-refractivity contribution in [3.63, 3.8) is 0 Å². The minimum Gasteiger partial charge on any atom is -0.265 e.